The number of aryl methyl sites for hydroxylation is 1. The van der Waals surface area contributed by atoms with E-state index >= 15 is 0 Å². The quantitative estimate of drug-likeness (QED) is 0.431. The minimum Gasteiger partial charge on any atom is -0.493 e. The lowest BCUT2D eigenvalue weighted by atomic mass is 10.1. The van der Waals surface area contributed by atoms with E-state index in [1.54, 1.807) is 43.2 Å². The fraction of sp³-hybridized carbons (Fsp3) is 0.174. The van der Waals surface area contributed by atoms with Crippen LogP contribution in [-0.2, 0) is 4.79 Å². The number of hydrogen-bond donors (Lipinski definition) is 2. The number of H-pyrrole nitrogens is 1. The van der Waals surface area contributed by atoms with Gasteiger partial charge < -0.3 is 24.5 Å². The predicted octanol–water partition coefficient (Wildman–Crippen LogP) is 3.73. The Labute approximate surface area is 184 Å². The van der Waals surface area contributed by atoms with Crippen molar-refractivity contribution in [3.05, 3.63) is 59.8 Å². The molecule has 4 aromatic rings. The number of carbonyl (C=O) groups excluding carboxylic acids is 1. The summed E-state index contributed by atoms with van der Waals surface area (Å²) in [4.78, 5) is 20.4. The number of methoxy groups -OCH3 is 3. The molecule has 0 radical (unpaired) electrons. The number of para-hydroxylation sites is 2. The van der Waals surface area contributed by atoms with Gasteiger partial charge in [-0.2, -0.15) is 9.78 Å². The molecule has 0 aliphatic heterocycles. The average Bonchev–Trinajstić information content (AvgIpc) is 3.39. The Morgan fingerprint density at radius 2 is 1.78 bits per heavy atom. The van der Waals surface area contributed by atoms with Crippen LogP contribution < -0.4 is 19.5 Å². The van der Waals surface area contributed by atoms with Gasteiger partial charge in [-0.25, -0.2) is 4.98 Å². The third kappa shape index (κ3) is 4.13. The summed E-state index contributed by atoms with van der Waals surface area (Å²) in [5, 5.41) is 7.30. The lowest BCUT2D eigenvalue weighted by Crippen LogP contribution is -2.13. The number of carbonyl (C=O) groups is 1. The molecule has 0 bridgehead atoms. The Bertz CT molecular complexity index is 1250. The number of ether oxygens (including phenoxy) is 3. The highest BCUT2D eigenvalue weighted by molar-refractivity contribution is 6.01. The number of anilines is 1. The molecule has 0 fully saturated rings. The lowest BCUT2D eigenvalue weighted by Gasteiger charge is -2.12. The molecule has 1 amide bonds. The molecule has 0 aliphatic carbocycles. The number of hydrogen-bond acceptors (Lipinski definition) is 6. The molecule has 9 heteroatoms. The molecule has 2 aromatic heterocycles. The summed E-state index contributed by atoms with van der Waals surface area (Å²) in [6, 6.07) is 13.0. The van der Waals surface area contributed by atoms with Crippen molar-refractivity contribution in [3.63, 3.8) is 0 Å². The molecule has 2 aromatic carbocycles. The highest BCUT2D eigenvalue weighted by atomic mass is 16.5. The van der Waals surface area contributed by atoms with E-state index in [1.807, 2.05) is 31.2 Å². The molecular weight excluding hydrogens is 410 g/mol. The molecule has 2 heterocycles. The van der Waals surface area contributed by atoms with Gasteiger partial charge >= 0.3 is 0 Å². The molecule has 0 saturated carbocycles. The second-order valence-corrected chi connectivity index (χ2v) is 6.94. The molecule has 0 aliphatic rings. The van der Waals surface area contributed by atoms with E-state index in [9.17, 15) is 4.79 Å². The largest absolute Gasteiger partial charge is 0.493 e. The maximum absolute atomic E-state index is 12.6. The Morgan fingerprint density at radius 1 is 1.06 bits per heavy atom. The predicted molar refractivity (Wildman–Crippen MR) is 122 cm³/mol. The zero-order valence-corrected chi connectivity index (χ0v) is 18.2. The lowest BCUT2D eigenvalue weighted by molar-refractivity contribution is -0.111. The van der Waals surface area contributed by atoms with Gasteiger partial charge in [-0.05, 0) is 42.8 Å². The number of nitrogens with one attached hydrogen (secondary N) is 2. The first kappa shape index (κ1) is 21.0. The molecule has 0 saturated heterocycles. The van der Waals surface area contributed by atoms with Crippen LogP contribution in [0, 0.1) is 6.92 Å². The van der Waals surface area contributed by atoms with Crippen LogP contribution in [0.4, 0.5) is 5.82 Å². The number of rotatable bonds is 7. The van der Waals surface area contributed by atoms with E-state index in [2.05, 4.69) is 20.4 Å². The first-order valence-corrected chi connectivity index (χ1v) is 9.83. The van der Waals surface area contributed by atoms with Crippen LogP contribution in [0.3, 0.4) is 0 Å². The number of nitrogens with zero attached hydrogens (tertiary/aromatic N) is 3. The minimum atomic E-state index is -0.323. The maximum atomic E-state index is 12.6. The van der Waals surface area contributed by atoms with Crippen LogP contribution in [-0.4, -0.2) is 47.0 Å². The Kier molecular flexibility index (Phi) is 5.80. The number of benzene rings is 2. The van der Waals surface area contributed by atoms with Crippen LogP contribution in [0.5, 0.6) is 17.2 Å². The third-order valence-corrected chi connectivity index (χ3v) is 4.77. The van der Waals surface area contributed by atoms with E-state index in [1.165, 1.54) is 13.2 Å². The Balaban J connectivity index is 1.57. The van der Waals surface area contributed by atoms with Gasteiger partial charge in [0, 0.05) is 12.1 Å². The molecule has 0 unspecified atom stereocenters. The standard InChI is InChI=1S/C23H23N5O4/c1-14-11-20(28(27-14)23-24-16-7-5-6-8-17(16)25-23)26-21(29)10-9-15-12-18(30-2)22(32-4)19(13-15)31-3/h5-13H,1-4H3,(H,24,25)(H,26,29). The van der Waals surface area contributed by atoms with Crippen molar-refractivity contribution in [1.29, 1.82) is 0 Å². The van der Waals surface area contributed by atoms with Crippen molar-refractivity contribution in [2.45, 2.75) is 6.92 Å². The van der Waals surface area contributed by atoms with Crippen molar-refractivity contribution in [3.8, 4) is 23.2 Å². The maximum Gasteiger partial charge on any atom is 0.249 e. The summed E-state index contributed by atoms with van der Waals surface area (Å²) in [5.74, 6) is 2.19. The third-order valence-electron chi connectivity index (χ3n) is 4.77. The van der Waals surface area contributed by atoms with Gasteiger partial charge in [-0.15, -0.1) is 0 Å². The zero-order valence-electron chi connectivity index (χ0n) is 18.2. The van der Waals surface area contributed by atoms with Gasteiger partial charge in [0.25, 0.3) is 0 Å². The summed E-state index contributed by atoms with van der Waals surface area (Å²) >= 11 is 0. The van der Waals surface area contributed by atoms with Crippen molar-refractivity contribution in [2.75, 3.05) is 26.6 Å². The van der Waals surface area contributed by atoms with Gasteiger partial charge in [0.2, 0.25) is 17.6 Å². The second-order valence-electron chi connectivity index (χ2n) is 6.94. The molecule has 0 atom stereocenters. The van der Waals surface area contributed by atoms with Crippen molar-refractivity contribution in [1.82, 2.24) is 19.7 Å². The second kappa shape index (κ2) is 8.84. The fourth-order valence-electron chi connectivity index (χ4n) is 3.33. The fourth-order valence-corrected chi connectivity index (χ4v) is 3.33. The summed E-state index contributed by atoms with van der Waals surface area (Å²) in [5.41, 5.74) is 3.16. The molecule has 4 rings (SSSR count). The molecule has 164 valence electrons. The van der Waals surface area contributed by atoms with E-state index in [-0.39, 0.29) is 5.91 Å². The van der Waals surface area contributed by atoms with Crippen molar-refractivity contribution < 1.29 is 19.0 Å². The van der Waals surface area contributed by atoms with E-state index in [0.717, 1.165) is 22.3 Å². The number of fused-ring (bicyclic) bond motifs is 1. The highest BCUT2D eigenvalue weighted by Gasteiger charge is 2.14. The van der Waals surface area contributed by atoms with Gasteiger partial charge in [0.15, 0.2) is 11.5 Å². The number of amides is 1. The smallest absolute Gasteiger partial charge is 0.249 e. The average molecular weight is 433 g/mol. The first-order chi connectivity index (χ1) is 15.5. The topological polar surface area (TPSA) is 103 Å². The van der Waals surface area contributed by atoms with Crippen LogP contribution in [0.2, 0.25) is 0 Å². The summed E-state index contributed by atoms with van der Waals surface area (Å²) < 4.78 is 17.6. The van der Waals surface area contributed by atoms with Crippen LogP contribution in [0.1, 0.15) is 11.3 Å². The van der Waals surface area contributed by atoms with Crippen LogP contribution in [0.25, 0.3) is 23.1 Å². The van der Waals surface area contributed by atoms with Crippen LogP contribution in [0.15, 0.2) is 48.5 Å². The minimum absolute atomic E-state index is 0.323. The van der Waals surface area contributed by atoms with Gasteiger partial charge in [-0.3, -0.25) is 4.79 Å². The Morgan fingerprint density at radius 3 is 2.44 bits per heavy atom. The van der Waals surface area contributed by atoms with Gasteiger partial charge in [0.05, 0.1) is 38.1 Å². The molecular formula is C23H23N5O4. The number of imidazole rings is 1. The number of aromatic amines is 1. The van der Waals surface area contributed by atoms with Crippen molar-refractivity contribution in [2.24, 2.45) is 0 Å². The highest BCUT2D eigenvalue weighted by Crippen LogP contribution is 2.38. The van der Waals surface area contributed by atoms with Gasteiger partial charge in [0.1, 0.15) is 5.82 Å². The molecule has 2 N–H and O–H groups in total. The first-order valence-electron chi connectivity index (χ1n) is 9.83. The van der Waals surface area contributed by atoms with E-state index in [4.69, 9.17) is 14.2 Å². The summed E-state index contributed by atoms with van der Waals surface area (Å²) in [6.45, 7) is 1.85. The van der Waals surface area contributed by atoms with Crippen molar-refractivity contribution >= 4 is 28.8 Å². The molecule has 32 heavy (non-hydrogen) atoms. The monoisotopic (exact) mass is 433 g/mol. The summed E-state index contributed by atoms with van der Waals surface area (Å²) in [6.07, 6.45) is 3.08. The SMILES string of the molecule is COc1cc(C=CC(=O)Nc2cc(C)nn2-c2nc3ccccc3[nH]2)cc(OC)c1OC. The normalized spacial score (nSPS) is 11.1. The number of aromatic nitrogens is 4. The van der Waals surface area contributed by atoms with E-state index < -0.39 is 0 Å². The Hall–Kier alpha value is -4.27. The van der Waals surface area contributed by atoms with Crippen LogP contribution >= 0.6 is 0 Å². The molecule has 0 spiro atoms. The van der Waals surface area contributed by atoms with E-state index in [0.29, 0.717) is 29.0 Å². The summed E-state index contributed by atoms with van der Waals surface area (Å²) in [7, 11) is 4.62. The molecule has 9 nitrogen and oxygen atoms in total. The zero-order chi connectivity index (χ0) is 22.7. The van der Waals surface area contributed by atoms with Gasteiger partial charge in [-0.1, -0.05) is 12.1 Å².